The molecule has 1 nitrogen and oxygen atoms in total. The van der Waals surface area contributed by atoms with E-state index in [-0.39, 0.29) is 0 Å². The van der Waals surface area contributed by atoms with Crippen molar-refractivity contribution in [3.05, 3.63) is 33.8 Å². The van der Waals surface area contributed by atoms with E-state index >= 15 is 0 Å². The van der Waals surface area contributed by atoms with Crippen LogP contribution in [-0.4, -0.2) is 6.29 Å². The lowest BCUT2D eigenvalue weighted by Crippen LogP contribution is -1.85. The first-order valence-electron chi connectivity index (χ1n) is 4.06. The van der Waals surface area contributed by atoms with Gasteiger partial charge in [-0.3, -0.25) is 4.79 Å². The maximum Gasteiger partial charge on any atom is 0.150 e. The van der Waals surface area contributed by atoms with Gasteiger partial charge in [0.1, 0.15) is 6.29 Å². The van der Waals surface area contributed by atoms with E-state index in [0.717, 1.165) is 22.2 Å². The van der Waals surface area contributed by atoms with Gasteiger partial charge in [0.2, 0.25) is 0 Å². The lowest BCUT2D eigenvalue weighted by molar-refractivity contribution is 0.112. The van der Waals surface area contributed by atoms with Crippen LogP contribution in [0.25, 0.3) is 0 Å². The summed E-state index contributed by atoms with van der Waals surface area (Å²) >= 11 is 3.47. The van der Waals surface area contributed by atoms with Crippen molar-refractivity contribution in [1.29, 1.82) is 0 Å². The third-order valence-corrected chi connectivity index (χ3v) is 2.86. The van der Waals surface area contributed by atoms with Gasteiger partial charge in [0.25, 0.3) is 0 Å². The van der Waals surface area contributed by atoms with Gasteiger partial charge >= 0.3 is 0 Å². The lowest BCUT2D eigenvalue weighted by atomic mass is 10.1. The standard InChI is InChI=1S/C10H9BrO/c11-10-5-7(6-12)1-4-9(10)8-2-3-8/h1,4-6,8H,2-3H2. The zero-order valence-electron chi connectivity index (χ0n) is 6.59. The van der Waals surface area contributed by atoms with E-state index < -0.39 is 0 Å². The number of carbonyl (C=O) groups is 1. The van der Waals surface area contributed by atoms with Gasteiger partial charge in [0.15, 0.2) is 0 Å². The van der Waals surface area contributed by atoms with Crippen LogP contribution in [0.2, 0.25) is 0 Å². The van der Waals surface area contributed by atoms with Crippen LogP contribution in [0.5, 0.6) is 0 Å². The number of rotatable bonds is 2. The van der Waals surface area contributed by atoms with Gasteiger partial charge in [0.05, 0.1) is 0 Å². The van der Waals surface area contributed by atoms with E-state index in [2.05, 4.69) is 15.9 Å². The molecule has 1 aromatic rings. The summed E-state index contributed by atoms with van der Waals surface area (Å²) in [5.41, 5.74) is 2.09. The van der Waals surface area contributed by atoms with Gasteiger partial charge in [-0.25, -0.2) is 0 Å². The maximum absolute atomic E-state index is 10.4. The molecule has 0 heterocycles. The molecule has 1 aliphatic carbocycles. The Morgan fingerprint density at radius 3 is 2.67 bits per heavy atom. The molecule has 1 saturated carbocycles. The number of carbonyl (C=O) groups excluding carboxylic acids is 1. The van der Waals surface area contributed by atoms with E-state index in [0.29, 0.717) is 0 Å². The molecule has 0 saturated heterocycles. The SMILES string of the molecule is O=Cc1ccc(C2CC2)c(Br)c1. The Kier molecular flexibility index (Phi) is 2.01. The largest absolute Gasteiger partial charge is 0.298 e. The molecule has 2 rings (SSSR count). The van der Waals surface area contributed by atoms with E-state index in [1.54, 1.807) is 0 Å². The Labute approximate surface area is 79.9 Å². The average molecular weight is 225 g/mol. The summed E-state index contributed by atoms with van der Waals surface area (Å²) in [6.45, 7) is 0. The fraction of sp³-hybridized carbons (Fsp3) is 0.300. The predicted molar refractivity (Wildman–Crippen MR) is 51.5 cm³/mol. The average Bonchev–Trinajstić information content (AvgIpc) is 2.87. The summed E-state index contributed by atoms with van der Waals surface area (Å²) in [6.07, 6.45) is 3.46. The third kappa shape index (κ3) is 1.44. The second-order valence-corrected chi connectivity index (χ2v) is 4.03. The molecule has 0 atom stereocenters. The minimum absolute atomic E-state index is 0.736. The van der Waals surface area contributed by atoms with Crippen LogP contribution in [-0.2, 0) is 0 Å². The zero-order valence-corrected chi connectivity index (χ0v) is 8.17. The number of hydrogen-bond acceptors (Lipinski definition) is 1. The van der Waals surface area contributed by atoms with Gasteiger partial charge in [-0.15, -0.1) is 0 Å². The molecular weight excluding hydrogens is 216 g/mol. The Bertz CT molecular complexity index is 316. The molecule has 0 spiro atoms. The first-order chi connectivity index (χ1) is 5.81. The molecule has 62 valence electrons. The quantitative estimate of drug-likeness (QED) is 0.706. The van der Waals surface area contributed by atoms with E-state index in [9.17, 15) is 4.79 Å². The van der Waals surface area contributed by atoms with Crippen molar-refractivity contribution in [2.75, 3.05) is 0 Å². The first-order valence-corrected chi connectivity index (χ1v) is 4.85. The highest BCUT2D eigenvalue weighted by Gasteiger charge is 2.25. The molecule has 12 heavy (non-hydrogen) atoms. The lowest BCUT2D eigenvalue weighted by Gasteiger charge is -2.01. The fourth-order valence-electron chi connectivity index (χ4n) is 1.34. The Balaban J connectivity index is 2.38. The number of halogens is 1. The van der Waals surface area contributed by atoms with Crippen molar-refractivity contribution >= 4 is 22.2 Å². The van der Waals surface area contributed by atoms with Crippen molar-refractivity contribution < 1.29 is 4.79 Å². The second kappa shape index (κ2) is 3.02. The van der Waals surface area contributed by atoms with E-state index in [1.165, 1.54) is 18.4 Å². The van der Waals surface area contributed by atoms with Gasteiger partial charge < -0.3 is 0 Å². The predicted octanol–water partition coefficient (Wildman–Crippen LogP) is 3.14. The van der Waals surface area contributed by atoms with Crippen LogP contribution in [0.1, 0.15) is 34.7 Å². The van der Waals surface area contributed by atoms with Crippen molar-refractivity contribution in [2.24, 2.45) is 0 Å². The Morgan fingerprint density at radius 2 is 2.17 bits per heavy atom. The molecular formula is C10H9BrO. The molecule has 1 fully saturated rings. The summed E-state index contributed by atoms with van der Waals surface area (Å²) in [5.74, 6) is 0.736. The Hall–Kier alpha value is -0.630. The highest BCUT2D eigenvalue weighted by Crippen LogP contribution is 2.43. The van der Waals surface area contributed by atoms with Crippen molar-refractivity contribution in [2.45, 2.75) is 18.8 Å². The van der Waals surface area contributed by atoms with Gasteiger partial charge in [-0.2, -0.15) is 0 Å². The summed E-state index contributed by atoms with van der Waals surface area (Å²) in [4.78, 5) is 10.4. The monoisotopic (exact) mass is 224 g/mol. The second-order valence-electron chi connectivity index (χ2n) is 3.17. The summed E-state index contributed by atoms with van der Waals surface area (Å²) in [7, 11) is 0. The molecule has 0 N–H and O–H groups in total. The molecule has 2 heteroatoms. The molecule has 0 amide bonds. The summed E-state index contributed by atoms with van der Waals surface area (Å²) in [6, 6.07) is 5.82. The molecule has 0 radical (unpaired) electrons. The van der Waals surface area contributed by atoms with E-state index in [1.807, 2.05) is 18.2 Å². The van der Waals surface area contributed by atoms with Crippen LogP contribution in [0.4, 0.5) is 0 Å². The van der Waals surface area contributed by atoms with E-state index in [4.69, 9.17) is 0 Å². The van der Waals surface area contributed by atoms with Crippen molar-refractivity contribution in [3.8, 4) is 0 Å². The normalized spacial score (nSPS) is 16.1. The molecule has 0 aromatic heterocycles. The highest BCUT2D eigenvalue weighted by atomic mass is 79.9. The smallest absolute Gasteiger partial charge is 0.150 e. The van der Waals surface area contributed by atoms with Crippen LogP contribution >= 0.6 is 15.9 Å². The maximum atomic E-state index is 10.4. The molecule has 1 aromatic carbocycles. The number of aldehydes is 1. The van der Waals surface area contributed by atoms with Gasteiger partial charge in [-0.05, 0) is 30.4 Å². The van der Waals surface area contributed by atoms with Crippen LogP contribution < -0.4 is 0 Å². The van der Waals surface area contributed by atoms with Gasteiger partial charge in [0, 0.05) is 10.0 Å². The fourth-order valence-corrected chi connectivity index (χ4v) is 2.06. The first kappa shape index (κ1) is 7.99. The third-order valence-electron chi connectivity index (χ3n) is 2.18. The molecule has 1 aliphatic rings. The topological polar surface area (TPSA) is 17.1 Å². The minimum atomic E-state index is 0.736. The van der Waals surface area contributed by atoms with Crippen LogP contribution in [0.3, 0.4) is 0 Å². The van der Waals surface area contributed by atoms with Crippen molar-refractivity contribution in [3.63, 3.8) is 0 Å². The van der Waals surface area contributed by atoms with Crippen molar-refractivity contribution in [1.82, 2.24) is 0 Å². The highest BCUT2D eigenvalue weighted by molar-refractivity contribution is 9.10. The van der Waals surface area contributed by atoms with Crippen LogP contribution in [0.15, 0.2) is 22.7 Å². The molecule has 0 unspecified atom stereocenters. The zero-order chi connectivity index (χ0) is 8.55. The number of benzene rings is 1. The molecule has 0 aliphatic heterocycles. The Morgan fingerprint density at radius 1 is 1.42 bits per heavy atom. The van der Waals surface area contributed by atoms with Gasteiger partial charge in [-0.1, -0.05) is 28.1 Å². The summed E-state index contributed by atoms with van der Waals surface area (Å²) in [5, 5.41) is 0. The summed E-state index contributed by atoms with van der Waals surface area (Å²) < 4.78 is 1.08. The minimum Gasteiger partial charge on any atom is -0.298 e. The molecule has 0 bridgehead atoms. The van der Waals surface area contributed by atoms with Crippen LogP contribution in [0, 0.1) is 0 Å². The number of hydrogen-bond donors (Lipinski definition) is 0.